The summed E-state index contributed by atoms with van der Waals surface area (Å²) in [5, 5.41) is 6.04. The van der Waals surface area contributed by atoms with Crippen molar-refractivity contribution in [3.63, 3.8) is 0 Å². The molecule has 0 aliphatic carbocycles. The van der Waals surface area contributed by atoms with Crippen molar-refractivity contribution < 1.29 is 9.53 Å². The molecule has 0 rings (SSSR count). The van der Waals surface area contributed by atoms with Crippen molar-refractivity contribution >= 4 is 6.09 Å². The van der Waals surface area contributed by atoms with Gasteiger partial charge in [-0.2, -0.15) is 0 Å². The van der Waals surface area contributed by atoms with E-state index in [1.165, 1.54) is 0 Å². The van der Waals surface area contributed by atoms with Gasteiger partial charge in [-0.15, -0.1) is 0 Å². The highest BCUT2D eigenvalue weighted by molar-refractivity contribution is 5.67. The third-order valence-corrected chi connectivity index (χ3v) is 2.53. The monoisotopic (exact) mass is 244 g/mol. The maximum absolute atomic E-state index is 11.3. The van der Waals surface area contributed by atoms with E-state index in [2.05, 4.69) is 31.4 Å². The van der Waals surface area contributed by atoms with Crippen LogP contribution in [-0.4, -0.2) is 31.3 Å². The highest BCUT2D eigenvalue weighted by Gasteiger charge is 2.16. The van der Waals surface area contributed by atoms with E-state index in [0.29, 0.717) is 12.0 Å². The quantitative estimate of drug-likeness (QED) is 0.706. The normalized spacial score (nSPS) is 12.4. The average Bonchev–Trinajstić information content (AvgIpc) is 2.14. The lowest BCUT2D eigenvalue weighted by Gasteiger charge is -2.23. The van der Waals surface area contributed by atoms with Crippen LogP contribution in [0.3, 0.4) is 0 Å². The number of hydrogen-bond donors (Lipinski definition) is 2. The number of alkyl carbamates (subject to hydrolysis) is 1. The fourth-order valence-electron chi connectivity index (χ4n) is 1.12. The van der Waals surface area contributed by atoms with Gasteiger partial charge in [-0.05, 0) is 32.6 Å². The molecule has 0 aromatic heterocycles. The first-order valence-corrected chi connectivity index (χ1v) is 6.34. The summed E-state index contributed by atoms with van der Waals surface area (Å²) in [6.07, 6.45) is 0.786. The third kappa shape index (κ3) is 10.1. The van der Waals surface area contributed by atoms with E-state index in [0.717, 1.165) is 19.5 Å². The molecule has 0 unspecified atom stereocenters. The van der Waals surface area contributed by atoms with E-state index in [4.69, 9.17) is 4.74 Å². The van der Waals surface area contributed by atoms with Crippen molar-refractivity contribution in [3.05, 3.63) is 0 Å². The Morgan fingerprint density at radius 2 is 1.71 bits per heavy atom. The molecule has 17 heavy (non-hydrogen) atoms. The predicted octanol–water partition coefficient (Wildman–Crippen LogP) is 2.54. The largest absolute Gasteiger partial charge is 0.444 e. The fourth-order valence-corrected chi connectivity index (χ4v) is 1.12. The molecular weight excluding hydrogens is 216 g/mol. The summed E-state index contributed by atoms with van der Waals surface area (Å²) in [7, 11) is 0. The van der Waals surface area contributed by atoms with Crippen LogP contribution in [0.4, 0.5) is 4.79 Å². The number of carbonyl (C=O) groups is 1. The number of amides is 1. The second kappa shape index (κ2) is 6.84. The Balaban J connectivity index is 3.56. The molecule has 1 amide bonds. The van der Waals surface area contributed by atoms with Gasteiger partial charge in [0.1, 0.15) is 5.60 Å². The van der Waals surface area contributed by atoms with Crippen molar-refractivity contribution in [1.82, 2.24) is 10.6 Å². The van der Waals surface area contributed by atoms with Crippen LogP contribution in [0.25, 0.3) is 0 Å². The topological polar surface area (TPSA) is 50.4 Å². The highest BCUT2D eigenvalue weighted by Crippen LogP contribution is 2.17. The van der Waals surface area contributed by atoms with Gasteiger partial charge in [0.25, 0.3) is 0 Å². The molecule has 0 aromatic rings. The molecule has 0 aliphatic heterocycles. The molecule has 0 radical (unpaired) electrons. The van der Waals surface area contributed by atoms with Gasteiger partial charge in [-0.3, -0.25) is 0 Å². The fraction of sp³-hybridized carbons (Fsp3) is 0.923. The second-order valence-corrected chi connectivity index (χ2v) is 6.12. The first-order chi connectivity index (χ1) is 7.66. The van der Waals surface area contributed by atoms with E-state index in [1.54, 1.807) is 0 Å². The van der Waals surface area contributed by atoms with Crippen LogP contribution in [0, 0.1) is 5.41 Å². The first-order valence-electron chi connectivity index (χ1n) is 6.34. The van der Waals surface area contributed by atoms with E-state index in [-0.39, 0.29) is 6.09 Å². The SMILES string of the molecule is CCC(C)(C)CNCCNC(=O)OC(C)(C)C. The number of hydrogen-bond acceptors (Lipinski definition) is 3. The Morgan fingerprint density at radius 1 is 1.12 bits per heavy atom. The number of rotatable bonds is 6. The lowest BCUT2D eigenvalue weighted by atomic mass is 9.90. The maximum atomic E-state index is 11.3. The van der Waals surface area contributed by atoms with Crippen LogP contribution < -0.4 is 10.6 Å². The molecular formula is C13H28N2O2. The minimum Gasteiger partial charge on any atom is -0.444 e. The summed E-state index contributed by atoms with van der Waals surface area (Å²) in [6, 6.07) is 0. The zero-order valence-corrected chi connectivity index (χ0v) is 12.1. The molecule has 0 bridgehead atoms. The summed E-state index contributed by atoms with van der Waals surface area (Å²) < 4.78 is 5.13. The molecule has 0 aromatic carbocycles. The Bertz CT molecular complexity index is 232. The minimum atomic E-state index is -0.429. The predicted molar refractivity (Wildman–Crippen MR) is 71.2 cm³/mol. The molecule has 0 heterocycles. The number of ether oxygens (including phenoxy) is 1. The average molecular weight is 244 g/mol. The van der Waals surface area contributed by atoms with Crippen LogP contribution in [0.15, 0.2) is 0 Å². The molecule has 102 valence electrons. The molecule has 4 nitrogen and oxygen atoms in total. The molecule has 0 atom stereocenters. The summed E-state index contributed by atoms with van der Waals surface area (Å²) in [6.45, 7) is 14.5. The van der Waals surface area contributed by atoms with Gasteiger partial charge in [0.2, 0.25) is 0 Å². The standard InChI is InChI=1S/C13H28N2O2/c1-7-13(5,6)10-14-8-9-15-11(16)17-12(2,3)4/h14H,7-10H2,1-6H3,(H,15,16). The van der Waals surface area contributed by atoms with Crippen molar-refractivity contribution in [2.24, 2.45) is 5.41 Å². The van der Waals surface area contributed by atoms with Gasteiger partial charge in [-0.25, -0.2) is 4.79 Å². The second-order valence-electron chi connectivity index (χ2n) is 6.12. The van der Waals surface area contributed by atoms with E-state index in [9.17, 15) is 4.79 Å². The molecule has 0 spiro atoms. The van der Waals surface area contributed by atoms with Gasteiger partial charge >= 0.3 is 6.09 Å². The first kappa shape index (κ1) is 16.2. The molecule has 4 heteroatoms. The Morgan fingerprint density at radius 3 is 2.18 bits per heavy atom. The minimum absolute atomic E-state index is 0.311. The number of carbonyl (C=O) groups excluding carboxylic acids is 1. The van der Waals surface area contributed by atoms with Crippen LogP contribution >= 0.6 is 0 Å². The van der Waals surface area contributed by atoms with Gasteiger partial charge in [-0.1, -0.05) is 20.8 Å². The van der Waals surface area contributed by atoms with Crippen molar-refractivity contribution in [2.45, 2.75) is 53.6 Å². The third-order valence-electron chi connectivity index (χ3n) is 2.53. The van der Waals surface area contributed by atoms with Gasteiger partial charge in [0.15, 0.2) is 0 Å². The van der Waals surface area contributed by atoms with Crippen molar-refractivity contribution in [2.75, 3.05) is 19.6 Å². The zero-order valence-electron chi connectivity index (χ0n) is 12.1. The van der Waals surface area contributed by atoms with Gasteiger partial charge in [0.05, 0.1) is 0 Å². The van der Waals surface area contributed by atoms with Gasteiger partial charge in [0, 0.05) is 19.6 Å². The molecule has 0 fully saturated rings. The van der Waals surface area contributed by atoms with Crippen LogP contribution in [0.1, 0.15) is 48.0 Å². The van der Waals surface area contributed by atoms with E-state index >= 15 is 0 Å². The van der Waals surface area contributed by atoms with Crippen LogP contribution in [-0.2, 0) is 4.74 Å². The highest BCUT2D eigenvalue weighted by atomic mass is 16.6. The molecule has 2 N–H and O–H groups in total. The Kier molecular flexibility index (Phi) is 6.53. The summed E-state index contributed by atoms with van der Waals surface area (Å²) >= 11 is 0. The van der Waals surface area contributed by atoms with E-state index in [1.807, 2.05) is 20.8 Å². The Labute approximate surface area is 105 Å². The van der Waals surface area contributed by atoms with E-state index < -0.39 is 5.60 Å². The maximum Gasteiger partial charge on any atom is 0.407 e. The molecule has 0 aliphatic rings. The lowest BCUT2D eigenvalue weighted by Crippen LogP contribution is -2.38. The zero-order chi connectivity index (χ0) is 13.5. The smallest absolute Gasteiger partial charge is 0.407 e. The van der Waals surface area contributed by atoms with Crippen molar-refractivity contribution in [1.29, 1.82) is 0 Å². The summed E-state index contributed by atoms with van der Waals surface area (Å²) in [5.41, 5.74) is -0.117. The lowest BCUT2D eigenvalue weighted by molar-refractivity contribution is 0.0528. The van der Waals surface area contributed by atoms with Crippen LogP contribution in [0.5, 0.6) is 0 Å². The summed E-state index contributed by atoms with van der Waals surface area (Å²) in [4.78, 5) is 11.3. The summed E-state index contributed by atoms with van der Waals surface area (Å²) in [5.74, 6) is 0. The molecule has 0 saturated carbocycles. The van der Waals surface area contributed by atoms with Crippen LogP contribution in [0.2, 0.25) is 0 Å². The molecule has 0 saturated heterocycles. The van der Waals surface area contributed by atoms with Gasteiger partial charge < -0.3 is 15.4 Å². The number of nitrogens with one attached hydrogen (secondary N) is 2. The Hall–Kier alpha value is -0.770. The van der Waals surface area contributed by atoms with Crippen molar-refractivity contribution in [3.8, 4) is 0 Å².